The lowest BCUT2D eigenvalue weighted by Gasteiger charge is -2.06. The molecule has 0 heterocycles. The smallest absolute Gasteiger partial charge is 0.300 e. The van der Waals surface area contributed by atoms with E-state index >= 15 is 0 Å². The first kappa shape index (κ1) is 7.78. The van der Waals surface area contributed by atoms with Gasteiger partial charge in [-0.3, -0.25) is 5.73 Å². The number of alkyl halides is 2. The van der Waals surface area contributed by atoms with Crippen LogP contribution in [0, 0.1) is 0 Å². The maximum atomic E-state index is 11.6. The quantitative estimate of drug-likeness (QED) is 0.531. The Morgan fingerprint density at radius 1 is 1.38 bits per heavy atom. The molecule has 0 saturated carbocycles. The molecule has 0 aromatic rings. The van der Waals surface area contributed by atoms with E-state index in [2.05, 4.69) is 5.73 Å². The van der Waals surface area contributed by atoms with E-state index in [1.807, 2.05) is 0 Å². The van der Waals surface area contributed by atoms with Crippen LogP contribution >= 0.6 is 0 Å². The fourth-order valence-corrected chi connectivity index (χ4v) is 0.338. The fraction of sp³-hybridized carbons (Fsp3) is 1.00. The third kappa shape index (κ3) is 5.78. The molecule has 0 radical (unpaired) electrons. The lowest BCUT2D eigenvalue weighted by Crippen LogP contribution is -2.28. The van der Waals surface area contributed by atoms with Gasteiger partial charge in [-0.15, -0.1) is 0 Å². The second kappa shape index (κ2) is 2.94. The Kier molecular flexibility index (Phi) is 2.86. The van der Waals surface area contributed by atoms with Gasteiger partial charge in [-0.1, -0.05) is 0 Å². The lowest BCUT2D eigenvalue weighted by molar-refractivity contribution is -0.00196. The van der Waals surface area contributed by atoms with Crippen molar-refractivity contribution in [1.82, 2.24) is 0 Å². The summed E-state index contributed by atoms with van der Waals surface area (Å²) in [4.78, 5) is 0. The Labute approximate surface area is 46.8 Å². The Balaban J connectivity index is 3.11. The van der Waals surface area contributed by atoms with Crippen LogP contribution in [0.5, 0.6) is 0 Å². The zero-order valence-electron chi connectivity index (χ0n) is 4.53. The summed E-state index contributed by atoms with van der Waals surface area (Å²) >= 11 is 0. The second-order valence-electron chi connectivity index (χ2n) is 1.65. The maximum Gasteiger partial charge on any atom is 0.300 e. The van der Waals surface area contributed by atoms with E-state index in [0.29, 0.717) is 0 Å². The minimum absolute atomic E-state index is 0.271. The van der Waals surface area contributed by atoms with Crippen LogP contribution in [0.3, 0.4) is 0 Å². The van der Waals surface area contributed by atoms with Gasteiger partial charge in [0, 0.05) is 6.42 Å². The molecule has 8 heavy (non-hydrogen) atoms. The molecule has 0 atom stereocenters. The summed E-state index contributed by atoms with van der Waals surface area (Å²) in [5, 5.41) is 0. The average Bonchev–Trinajstić information content (AvgIpc) is 1.59. The summed E-state index contributed by atoms with van der Waals surface area (Å²) in [5.41, 5.74) is 9.28. The van der Waals surface area contributed by atoms with Gasteiger partial charge in [0.15, 0.2) is 0 Å². The summed E-state index contributed by atoms with van der Waals surface area (Å²) in [7, 11) is 0. The van der Waals surface area contributed by atoms with Crippen molar-refractivity contribution in [3.63, 3.8) is 0 Å². The molecule has 0 saturated heterocycles. The molecule has 0 aliphatic rings. The van der Waals surface area contributed by atoms with Gasteiger partial charge >= 0.3 is 0 Å². The van der Waals surface area contributed by atoms with Crippen molar-refractivity contribution < 1.29 is 8.78 Å². The van der Waals surface area contributed by atoms with Crippen LogP contribution < -0.4 is 11.5 Å². The molecule has 0 unspecified atom stereocenters. The van der Waals surface area contributed by atoms with Crippen molar-refractivity contribution in [2.24, 2.45) is 11.5 Å². The monoisotopic (exact) mass is 124 g/mol. The van der Waals surface area contributed by atoms with Crippen molar-refractivity contribution in [2.75, 3.05) is 6.54 Å². The van der Waals surface area contributed by atoms with Gasteiger partial charge in [0.05, 0.1) is 0 Å². The summed E-state index contributed by atoms with van der Waals surface area (Å²) in [6.45, 7) is 0.271. The largest absolute Gasteiger partial charge is 0.330 e. The van der Waals surface area contributed by atoms with E-state index < -0.39 is 6.05 Å². The molecule has 0 aromatic carbocycles. The first-order chi connectivity index (χ1) is 3.56. The standard InChI is InChI=1S/C4H10F2N2/c5-4(6,8)2-1-3-7/h1-3,7-8H2. The topological polar surface area (TPSA) is 52.0 Å². The molecule has 0 amide bonds. The molecule has 2 nitrogen and oxygen atoms in total. The third-order valence-corrected chi connectivity index (χ3v) is 0.714. The lowest BCUT2D eigenvalue weighted by atomic mass is 10.3. The van der Waals surface area contributed by atoms with Gasteiger partial charge in [-0.25, -0.2) is 0 Å². The first-order valence-corrected chi connectivity index (χ1v) is 2.43. The number of nitrogens with two attached hydrogens (primary N) is 2. The van der Waals surface area contributed by atoms with E-state index in [-0.39, 0.29) is 19.4 Å². The van der Waals surface area contributed by atoms with E-state index in [1.54, 1.807) is 0 Å². The van der Waals surface area contributed by atoms with Crippen LogP contribution in [-0.4, -0.2) is 12.6 Å². The number of halogens is 2. The highest BCUT2D eigenvalue weighted by Crippen LogP contribution is 2.10. The predicted molar refractivity (Wildman–Crippen MR) is 27.4 cm³/mol. The molecule has 0 aliphatic carbocycles. The Bertz CT molecular complexity index is 59.5. The third-order valence-electron chi connectivity index (χ3n) is 0.714. The molecule has 0 aliphatic heterocycles. The van der Waals surface area contributed by atoms with Gasteiger partial charge in [-0.2, -0.15) is 8.78 Å². The van der Waals surface area contributed by atoms with Crippen molar-refractivity contribution >= 4 is 0 Å². The summed E-state index contributed by atoms with van der Waals surface area (Å²) < 4.78 is 23.3. The number of hydrogen-bond donors (Lipinski definition) is 2. The molecule has 0 spiro atoms. The SMILES string of the molecule is NCCCC(N)(F)F. The van der Waals surface area contributed by atoms with Gasteiger partial charge in [0.25, 0.3) is 6.05 Å². The highest BCUT2D eigenvalue weighted by atomic mass is 19.3. The van der Waals surface area contributed by atoms with Crippen molar-refractivity contribution in [3.8, 4) is 0 Å². The van der Waals surface area contributed by atoms with Crippen LogP contribution in [0.25, 0.3) is 0 Å². The predicted octanol–water partition coefficient (Wildman–Crippen LogP) is 0.277. The minimum Gasteiger partial charge on any atom is -0.330 e. The molecular formula is C4H10F2N2. The zero-order chi connectivity index (χ0) is 6.62. The van der Waals surface area contributed by atoms with Gasteiger partial charge in [-0.05, 0) is 13.0 Å². The molecule has 50 valence electrons. The zero-order valence-corrected chi connectivity index (χ0v) is 4.53. The average molecular weight is 124 g/mol. The van der Waals surface area contributed by atoms with Crippen molar-refractivity contribution in [2.45, 2.75) is 18.9 Å². The summed E-state index contributed by atoms with van der Waals surface area (Å²) in [6.07, 6.45) is -0.0347. The van der Waals surface area contributed by atoms with Crippen molar-refractivity contribution in [1.29, 1.82) is 0 Å². The van der Waals surface area contributed by atoms with Crippen LogP contribution in [0.1, 0.15) is 12.8 Å². The van der Waals surface area contributed by atoms with E-state index in [9.17, 15) is 8.78 Å². The van der Waals surface area contributed by atoms with Crippen molar-refractivity contribution in [3.05, 3.63) is 0 Å². The Morgan fingerprint density at radius 2 is 1.88 bits per heavy atom. The summed E-state index contributed by atoms with van der Waals surface area (Å²) in [6, 6.07) is -3.03. The normalized spacial score (nSPS) is 12.0. The highest BCUT2D eigenvalue weighted by molar-refractivity contribution is 4.54. The molecule has 0 rings (SSSR count). The summed E-state index contributed by atoms with van der Waals surface area (Å²) in [5.74, 6) is 0. The van der Waals surface area contributed by atoms with E-state index in [4.69, 9.17) is 5.73 Å². The molecule has 0 aromatic heterocycles. The number of hydrogen-bond acceptors (Lipinski definition) is 2. The van der Waals surface area contributed by atoms with Gasteiger partial charge in [0.1, 0.15) is 0 Å². The minimum atomic E-state index is -3.03. The first-order valence-electron chi connectivity index (χ1n) is 2.43. The van der Waals surface area contributed by atoms with Crippen LogP contribution in [0.15, 0.2) is 0 Å². The maximum absolute atomic E-state index is 11.6. The van der Waals surface area contributed by atoms with Crippen LogP contribution in [0.2, 0.25) is 0 Å². The molecular weight excluding hydrogens is 114 g/mol. The Hall–Kier alpha value is -0.220. The van der Waals surface area contributed by atoms with E-state index in [0.717, 1.165) is 0 Å². The molecule has 4 heteroatoms. The highest BCUT2D eigenvalue weighted by Gasteiger charge is 2.19. The fourth-order valence-electron chi connectivity index (χ4n) is 0.338. The van der Waals surface area contributed by atoms with Gasteiger partial charge < -0.3 is 5.73 Å². The van der Waals surface area contributed by atoms with Crippen LogP contribution in [0.4, 0.5) is 8.78 Å². The van der Waals surface area contributed by atoms with Gasteiger partial charge in [0.2, 0.25) is 0 Å². The Morgan fingerprint density at radius 3 is 2.00 bits per heavy atom. The van der Waals surface area contributed by atoms with E-state index in [1.165, 1.54) is 0 Å². The number of rotatable bonds is 3. The molecule has 0 bridgehead atoms. The van der Waals surface area contributed by atoms with Crippen LogP contribution in [-0.2, 0) is 0 Å². The molecule has 0 fully saturated rings. The molecule has 4 N–H and O–H groups in total. The second-order valence-corrected chi connectivity index (χ2v) is 1.65.